The van der Waals surface area contributed by atoms with E-state index >= 15 is 0 Å². The zero-order chi connectivity index (χ0) is 11.7. The van der Waals surface area contributed by atoms with Crippen LogP contribution in [0.25, 0.3) is 11.5 Å². The van der Waals surface area contributed by atoms with E-state index in [-0.39, 0.29) is 5.92 Å². The first-order chi connectivity index (χ1) is 7.58. The summed E-state index contributed by atoms with van der Waals surface area (Å²) in [4.78, 5) is 4.31. The van der Waals surface area contributed by atoms with Crippen LogP contribution in [0, 0.1) is 0 Å². The van der Waals surface area contributed by atoms with Gasteiger partial charge in [0.25, 0.3) is 5.89 Å². The molecule has 1 heterocycles. The summed E-state index contributed by atoms with van der Waals surface area (Å²) in [6.07, 6.45) is 0. The molecule has 0 bridgehead atoms. The molecular weight excluding hydrogens is 270 g/mol. The zero-order valence-electron chi connectivity index (χ0n) is 9.07. The van der Waals surface area contributed by atoms with Gasteiger partial charge in [-0.1, -0.05) is 19.0 Å². The molecule has 0 fully saturated rings. The third-order valence-corrected chi connectivity index (χ3v) is 2.89. The van der Waals surface area contributed by atoms with Gasteiger partial charge in [-0.15, -0.1) is 0 Å². The minimum atomic E-state index is 0.259. The Kier molecular flexibility index (Phi) is 2.96. The Morgan fingerprint density at radius 3 is 2.69 bits per heavy atom. The minimum Gasteiger partial charge on any atom is -0.398 e. The molecule has 2 N–H and O–H groups in total. The van der Waals surface area contributed by atoms with Gasteiger partial charge >= 0.3 is 0 Å². The number of aromatic nitrogens is 2. The van der Waals surface area contributed by atoms with E-state index in [9.17, 15) is 0 Å². The fourth-order valence-corrected chi connectivity index (χ4v) is 1.63. The van der Waals surface area contributed by atoms with Gasteiger partial charge in [0, 0.05) is 21.6 Å². The highest BCUT2D eigenvalue weighted by atomic mass is 79.9. The minimum absolute atomic E-state index is 0.259. The maximum Gasteiger partial charge on any atom is 0.257 e. The van der Waals surface area contributed by atoms with Crippen molar-refractivity contribution in [3.05, 3.63) is 28.5 Å². The Bertz CT molecular complexity index is 508. The lowest BCUT2D eigenvalue weighted by Gasteiger charge is -1.99. The van der Waals surface area contributed by atoms with Crippen LogP contribution in [-0.2, 0) is 0 Å². The summed E-state index contributed by atoms with van der Waals surface area (Å²) in [5.74, 6) is 1.49. The van der Waals surface area contributed by atoms with Crippen LogP contribution in [0.3, 0.4) is 0 Å². The van der Waals surface area contributed by atoms with Crippen LogP contribution in [0.5, 0.6) is 0 Å². The fourth-order valence-electron chi connectivity index (χ4n) is 1.25. The van der Waals surface area contributed by atoms with Crippen LogP contribution in [0.4, 0.5) is 5.69 Å². The third-order valence-electron chi connectivity index (χ3n) is 2.21. The van der Waals surface area contributed by atoms with Crippen LogP contribution in [-0.4, -0.2) is 10.1 Å². The van der Waals surface area contributed by atoms with E-state index in [1.165, 1.54) is 0 Å². The van der Waals surface area contributed by atoms with Crippen molar-refractivity contribution in [1.29, 1.82) is 0 Å². The first-order valence-corrected chi connectivity index (χ1v) is 5.76. The van der Waals surface area contributed by atoms with E-state index in [4.69, 9.17) is 10.3 Å². The van der Waals surface area contributed by atoms with E-state index in [0.29, 0.717) is 17.4 Å². The molecule has 0 atom stereocenters. The van der Waals surface area contributed by atoms with Crippen molar-refractivity contribution in [1.82, 2.24) is 10.1 Å². The molecule has 4 nitrogen and oxygen atoms in total. The van der Waals surface area contributed by atoms with Crippen molar-refractivity contribution in [3.63, 3.8) is 0 Å². The van der Waals surface area contributed by atoms with Gasteiger partial charge < -0.3 is 10.3 Å². The van der Waals surface area contributed by atoms with Crippen molar-refractivity contribution in [2.24, 2.45) is 0 Å². The second-order valence-electron chi connectivity index (χ2n) is 3.85. The molecule has 0 aliphatic carbocycles. The van der Waals surface area contributed by atoms with Crippen molar-refractivity contribution >= 4 is 21.6 Å². The maximum absolute atomic E-state index is 5.71. The van der Waals surface area contributed by atoms with Crippen molar-refractivity contribution in [2.75, 3.05) is 5.73 Å². The zero-order valence-corrected chi connectivity index (χ0v) is 10.7. The molecule has 1 aromatic carbocycles. The van der Waals surface area contributed by atoms with E-state index in [2.05, 4.69) is 26.1 Å². The average Bonchev–Trinajstić information content (AvgIpc) is 2.71. The molecule has 0 unspecified atom stereocenters. The van der Waals surface area contributed by atoms with Crippen LogP contribution in [0.15, 0.2) is 27.2 Å². The molecule has 16 heavy (non-hydrogen) atoms. The molecule has 84 valence electrons. The second-order valence-corrected chi connectivity index (χ2v) is 4.70. The Morgan fingerprint density at radius 1 is 1.38 bits per heavy atom. The van der Waals surface area contributed by atoms with Crippen molar-refractivity contribution in [2.45, 2.75) is 19.8 Å². The number of hydrogen-bond acceptors (Lipinski definition) is 4. The Balaban J connectivity index is 2.39. The highest BCUT2D eigenvalue weighted by Crippen LogP contribution is 2.26. The predicted molar refractivity (Wildman–Crippen MR) is 65.9 cm³/mol. The molecule has 1 aromatic heterocycles. The fraction of sp³-hybridized carbons (Fsp3) is 0.273. The smallest absolute Gasteiger partial charge is 0.257 e. The Hall–Kier alpha value is -1.36. The molecular formula is C11H12BrN3O. The topological polar surface area (TPSA) is 64.9 Å². The number of halogens is 1. The van der Waals surface area contributed by atoms with Crippen molar-refractivity contribution < 1.29 is 4.52 Å². The summed E-state index contributed by atoms with van der Waals surface area (Å²) in [6.45, 7) is 4.04. The molecule has 5 heteroatoms. The first-order valence-electron chi connectivity index (χ1n) is 4.97. The van der Waals surface area contributed by atoms with E-state index in [1.807, 2.05) is 26.0 Å². The summed E-state index contributed by atoms with van der Waals surface area (Å²) < 4.78 is 6.01. The van der Waals surface area contributed by atoms with E-state index in [1.54, 1.807) is 6.07 Å². The van der Waals surface area contributed by atoms with Gasteiger partial charge in [0.1, 0.15) is 0 Å². The predicted octanol–water partition coefficient (Wildman–Crippen LogP) is 3.20. The number of nitrogens with zero attached hydrogens (tertiary/aromatic N) is 2. The van der Waals surface area contributed by atoms with Gasteiger partial charge in [-0.25, -0.2) is 0 Å². The highest BCUT2D eigenvalue weighted by molar-refractivity contribution is 9.10. The molecule has 0 aliphatic heterocycles. The lowest BCUT2D eigenvalue weighted by molar-refractivity contribution is 0.419. The van der Waals surface area contributed by atoms with Gasteiger partial charge in [-0.05, 0) is 34.1 Å². The lowest BCUT2D eigenvalue weighted by Crippen LogP contribution is -1.90. The van der Waals surface area contributed by atoms with Crippen molar-refractivity contribution in [3.8, 4) is 11.5 Å². The number of nitrogen functional groups attached to an aromatic ring is 1. The van der Waals surface area contributed by atoms with Gasteiger partial charge in [-0.2, -0.15) is 4.98 Å². The SMILES string of the molecule is CC(C)c1noc(-c2ccc(N)c(Br)c2)n1. The third kappa shape index (κ3) is 2.09. The molecule has 2 rings (SSSR count). The summed E-state index contributed by atoms with van der Waals surface area (Å²) in [6, 6.07) is 5.53. The Morgan fingerprint density at radius 2 is 2.12 bits per heavy atom. The lowest BCUT2D eigenvalue weighted by atomic mass is 10.2. The van der Waals surface area contributed by atoms with Crippen LogP contribution in [0.2, 0.25) is 0 Å². The quantitative estimate of drug-likeness (QED) is 0.859. The molecule has 2 aromatic rings. The largest absolute Gasteiger partial charge is 0.398 e. The highest BCUT2D eigenvalue weighted by Gasteiger charge is 2.11. The first kappa shape index (κ1) is 11.1. The standard InChI is InChI=1S/C11H12BrN3O/c1-6(2)10-14-11(16-15-10)7-3-4-9(13)8(12)5-7/h3-6H,13H2,1-2H3. The molecule has 0 radical (unpaired) electrons. The maximum atomic E-state index is 5.71. The average molecular weight is 282 g/mol. The summed E-state index contributed by atoms with van der Waals surface area (Å²) >= 11 is 3.36. The van der Waals surface area contributed by atoms with Gasteiger partial charge in [-0.3, -0.25) is 0 Å². The number of benzene rings is 1. The number of rotatable bonds is 2. The Labute approximate surface area is 102 Å². The second kappa shape index (κ2) is 4.25. The van der Waals surface area contributed by atoms with Gasteiger partial charge in [0.2, 0.25) is 0 Å². The molecule has 0 spiro atoms. The van der Waals surface area contributed by atoms with Crippen LogP contribution >= 0.6 is 15.9 Å². The van der Waals surface area contributed by atoms with Crippen LogP contribution in [0.1, 0.15) is 25.6 Å². The normalized spacial score (nSPS) is 11.0. The van der Waals surface area contributed by atoms with E-state index in [0.717, 1.165) is 10.0 Å². The summed E-state index contributed by atoms with van der Waals surface area (Å²) in [7, 11) is 0. The molecule has 0 saturated heterocycles. The molecule has 0 amide bonds. The van der Waals surface area contributed by atoms with E-state index < -0.39 is 0 Å². The monoisotopic (exact) mass is 281 g/mol. The number of nitrogens with two attached hydrogens (primary N) is 1. The molecule has 0 saturated carbocycles. The number of anilines is 1. The summed E-state index contributed by atoms with van der Waals surface area (Å²) in [5, 5.41) is 3.91. The summed E-state index contributed by atoms with van der Waals surface area (Å²) in [5.41, 5.74) is 7.26. The molecule has 0 aliphatic rings. The van der Waals surface area contributed by atoms with Gasteiger partial charge in [0.05, 0.1) is 0 Å². The number of hydrogen-bond donors (Lipinski definition) is 1. The van der Waals surface area contributed by atoms with Gasteiger partial charge in [0.15, 0.2) is 5.82 Å². The van der Waals surface area contributed by atoms with Crippen LogP contribution < -0.4 is 5.73 Å².